The van der Waals surface area contributed by atoms with Crippen molar-refractivity contribution in [2.45, 2.75) is 19.4 Å². The highest BCUT2D eigenvalue weighted by atomic mass is 16.2. The van der Waals surface area contributed by atoms with Gasteiger partial charge >= 0.3 is 0 Å². The van der Waals surface area contributed by atoms with Crippen LogP contribution in [0.1, 0.15) is 34.3 Å². The largest absolute Gasteiger partial charge is 0.364 e. The predicted molar refractivity (Wildman–Crippen MR) is 88.7 cm³/mol. The maximum atomic E-state index is 12.5. The van der Waals surface area contributed by atoms with Crippen LogP contribution in [-0.4, -0.2) is 64.2 Å². The van der Waals surface area contributed by atoms with E-state index in [1.54, 1.807) is 4.90 Å². The van der Waals surface area contributed by atoms with Crippen molar-refractivity contribution in [3.8, 4) is 0 Å². The second kappa shape index (κ2) is 7.06. The van der Waals surface area contributed by atoms with E-state index < -0.39 is 11.8 Å². The zero-order valence-electron chi connectivity index (χ0n) is 14.3. The van der Waals surface area contributed by atoms with E-state index >= 15 is 0 Å². The molecule has 0 aromatic carbocycles. The lowest BCUT2D eigenvalue weighted by atomic mass is 10.0. The fourth-order valence-electron chi connectivity index (χ4n) is 3.18. The lowest BCUT2D eigenvalue weighted by Crippen LogP contribution is -2.45. The number of amides is 4. The third-order valence-corrected chi connectivity index (χ3v) is 4.72. The molecule has 3 unspecified atom stereocenters. The molecule has 10 heteroatoms. The van der Waals surface area contributed by atoms with Crippen LogP contribution in [-0.2, 0) is 9.59 Å². The van der Waals surface area contributed by atoms with Crippen LogP contribution in [0.4, 0.5) is 0 Å². The maximum absolute atomic E-state index is 12.5. The SMILES string of the molecule is CC1CN(C(=O)c2cnc(C(N)=O)cn2)CC1NC(=O)C1CCNC1=O. The molecule has 0 spiro atoms. The van der Waals surface area contributed by atoms with Crippen LogP contribution in [0.3, 0.4) is 0 Å². The van der Waals surface area contributed by atoms with Crippen LogP contribution in [0.25, 0.3) is 0 Å². The van der Waals surface area contributed by atoms with Crippen LogP contribution in [0.5, 0.6) is 0 Å². The molecule has 1 aromatic heterocycles. The molecule has 0 aliphatic carbocycles. The highest BCUT2D eigenvalue weighted by Crippen LogP contribution is 2.20. The Hall–Kier alpha value is -3.04. The zero-order chi connectivity index (χ0) is 18.8. The van der Waals surface area contributed by atoms with Gasteiger partial charge in [-0.05, 0) is 12.3 Å². The molecule has 0 bridgehead atoms. The summed E-state index contributed by atoms with van der Waals surface area (Å²) in [6, 6.07) is -0.238. The van der Waals surface area contributed by atoms with Crippen molar-refractivity contribution in [1.82, 2.24) is 25.5 Å². The van der Waals surface area contributed by atoms with Crippen LogP contribution in [0.2, 0.25) is 0 Å². The van der Waals surface area contributed by atoms with Gasteiger partial charge in [0.05, 0.1) is 18.4 Å². The van der Waals surface area contributed by atoms with E-state index in [0.29, 0.717) is 26.1 Å². The van der Waals surface area contributed by atoms with Crippen molar-refractivity contribution in [3.05, 3.63) is 23.8 Å². The van der Waals surface area contributed by atoms with E-state index in [-0.39, 0.29) is 41.1 Å². The number of hydrogen-bond acceptors (Lipinski definition) is 6. The number of nitrogens with two attached hydrogens (primary N) is 1. The second-order valence-corrected chi connectivity index (χ2v) is 6.59. The number of primary amides is 1. The number of carbonyl (C=O) groups excluding carboxylic acids is 4. The molecule has 0 saturated carbocycles. The fraction of sp³-hybridized carbons (Fsp3) is 0.500. The molecular formula is C16H20N6O4. The first-order valence-corrected chi connectivity index (χ1v) is 8.36. The number of nitrogens with zero attached hydrogens (tertiary/aromatic N) is 3. The minimum Gasteiger partial charge on any atom is -0.364 e. The summed E-state index contributed by atoms with van der Waals surface area (Å²) >= 11 is 0. The molecule has 2 saturated heterocycles. The number of carbonyl (C=O) groups is 4. The van der Waals surface area contributed by atoms with Gasteiger partial charge in [0.2, 0.25) is 11.8 Å². The minimum atomic E-state index is -0.718. The van der Waals surface area contributed by atoms with Gasteiger partial charge in [-0.15, -0.1) is 0 Å². The summed E-state index contributed by atoms with van der Waals surface area (Å²) < 4.78 is 0. The van der Waals surface area contributed by atoms with Gasteiger partial charge in [-0.2, -0.15) is 0 Å². The Morgan fingerprint density at radius 2 is 1.92 bits per heavy atom. The second-order valence-electron chi connectivity index (χ2n) is 6.59. The molecule has 26 heavy (non-hydrogen) atoms. The van der Waals surface area contributed by atoms with E-state index in [4.69, 9.17) is 5.73 Å². The van der Waals surface area contributed by atoms with Crippen molar-refractivity contribution in [2.24, 2.45) is 17.6 Å². The Kier molecular flexibility index (Phi) is 4.83. The lowest BCUT2D eigenvalue weighted by molar-refractivity contribution is -0.133. The van der Waals surface area contributed by atoms with Gasteiger partial charge in [0.25, 0.3) is 11.8 Å². The molecule has 4 N–H and O–H groups in total. The Morgan fingerprint density at radius 3 is 2.50 bits per heavy atom. The number of rotatable bonds is 4. The van der Waals surface area contributed by atoms with Crippen molar-refractivity contribution in [1.29, 1.82) is 0 Å². The van der Waals surface area contributed by atoms with Crippen LogP contribution < -0.4 is 16.4 Å². The average Bonchev–Trinajstić information content (AvgIpc) is 3.20. The minimum absolute atomic E-state index is 0.0173. The molecule has 1 aromatic rings. The topological polar surface area (TPSA) is 147 Å². The lowest BCUT2D eigenvalue weighted by Gasteiger charge is -2.18. The zero-order valence-corrected chi connectivity index (χ0v) is 14.3. The molecule has 138 valence electrons. The van der Waals surface area contributed by atoms with E-state index in [1.807, 2.05) is 6.92 Å². The highest BCUT2D eigenvalue weighted by molar-refractivity contribution is 6.01. The normalized spacial score (nSPS) is 25.0. The summed E-state index contributed by atoms with van der Waals surface area (Å²) in [6.45, 7) is 3.19. The summed E-state index contributed by atoms with van der Waals surface area (Å²) in [5.41, 5.74) is 5.18. The third kappa shape index (κ3) is 3.48. The van der Waals surface area contributed by atoms with Gasteiger partial charge in [0, 0.05) is 19.6 Å². The van der Waals surface area contributed by atoms with Gasteiger partial charge < -0.3 is 21.3 Å². The molecule has 3 heterocycles. The number of nitrogens with one attached hydrogen (secondary N) is 2. The summed E-state index contributed by atoms with van der Waals surface area (Å²) in [5, 5.41) is 5.51. The molecule has 3 rings (SSSR count). The number of likely N-dealkylation sites (tertiary alicyclic amines) is 1. The van der Waals surface area contributed by atoms with Crippen molar-refractivity contribution in [3.63, 3.8) is 0 Å². The molecule has 3 atom stereocenters. The van der Waals surface area contributed by atoms with Crippen LogP contribution >= 0.6 is 0 Å². The molecule has 2 aliphatic rings. The standard InChI is InChI=1S/C16H20N6O4/c1-8-6-22(16(26)11-5-19-10(4-20-11)13(17)23)7-12(8)21-15(25)9-2-3-18-14(9)24/h4-5,8-9,12H,2-3,6-7H2,1H3,(H2,17,23)(H,18,24)(H,21,25). The van der Waals surface area contributed by atoms with Crippen molar-refractivity contribution < 1.29 is 19.2 Å². The van der Waals surface area contributed by atoms with Gasteiger partial charge in [-0.1, -0.05) is 6.92 Å². The smallest absolute Gasteiger partial charge is 0.274 e. The molecule has 2 aliphatic heterocycles. The van der Waals surface area contributed by atoms with Gasteiger partial charge in [0.1, 0.15) is 17.3 Å². The molecule has 0 radical (unpaired) electrons. The van der Waals surface area contributed by atoms with E-state index in [9.17, 15) is 19.2 Å². The third-order valence-electron chi connectivity index (χ3n) is 4.72. The van der Waals surface area contributed by atoms with E-state index in [2.05, 4.69) is 20.6 Å². The quantitative estimate of drug-likeness (QED) is 0.545. The summed E-state index contributed by atoms with van der Waals surface area (Å²) in [7, 11) is 0. The molecule has 2 fully saturated rings. The fourth-order valence-corrected chi connectivity index (χ4v) is 3.18. The van der Waals surface area contributed by atoms with Crippen molar-refractivity contribution in [2.75, 3.05) is 19.6 Å². The first-order chi connectivity index (χ1) is 12.4. The average molecular weight is 360 g/mol. The summed E-state index contributed by atoms with van der Waals surface area (Å²) in [6.07, 6.45) is 2.85. The number of hydrogen-bond donors (Lipinski definition) is 3. The maximum Gasteiger partial charge on any atom is 0.274 e. The predicted octanol–water partition coefficient (Wildman–Crippen LogP) is -1.71. The van der Waals surface area contributed by atoms with E-state index in [0.717, 1.165) is 6.20 Å². The Balaban J connectivity index is 1.62. The van der Waals surface area contributed by atoms with Crippen LogP contribution in [0, 0.1) is 11.8 Å². The molecular weight excluding hydrogens is 340 g/mol. The van der Waals surface area contributed by atoms with Crippen LogP contribution in [0.15, 0.2) is 12.4 Å². The molecule has 4 amide bonds. The van der Waals surface area contributed by atoms with Gasteiger partial charge in [0.15, 0.2) is 0 Å². The van der Waals surface area contributed by atoms with Gasteiger partial charge in [-0.3, -0.25) is 19.2 Å². The highest BCUT2D eigenvalue weighted by Gasteiger charge is 2.37. The summed E-state index contributed by atoms with van der Waals surface area (Å²) in [5.74, 6) is -2.26. The Morgan fingerprint density at radius 1 is 1.23 bits per heavy atom. The van der Waals surface area contributed by atoms with Crippen molar-refractivity contribution >= 4 is 23.6 Å². The Bertz CT molecular complexity index is 750. The monoisotopic (exact) mass is 360 g/mol. The first-order valence-electron chi connectivity index (χ1n) is 8.36. The first kappa shape index (κ1) is 17.8. The van der Waals surface area contributed by atoms with E-state index in [1.165, 1.54) is 6.20 Å². The molecule has 10 nitrogen and oxygen atoms in total. The number of aromatic nitrogens is 2. The summed E-state index contributed by atoms with van der Waals surface area (Å²) in [4.78, 5) is 56.8. The van der Waals surface area contributed by atoms with Gasteiger partial charge in [-0.25, -0.2) is 9.97 Å². The Labute approximate surface area is 149 Å².